The number of carbonyl (C=O) groups excluding carboxylic acids is 1. The summed E-state index contributed by atoms with van der Waals surface area (Å²) in [4.78, 5) is 16.7. The molecule has 3 heteroatoms. The first-order valence-electron chi connectivity index (χ1n) is 6.85. The summed E-state index contributed by atoms with van der Waals surface area (Å²) in [5, 5.41) is 0. The van der Waals surface area contributed by atoms with E-state index in [4.69, 9.17) is 0 Å². The van der Waals surface area contributed by atoms with Gasteiger partial charge in [0.15, 0.2) is 0 Å². The molecule has 0 bridgehead atoms. The van der Waals surface area contributed by atoms with E-state index in [2.05, 4.69) is 24.8 Å². The average molecular weight is 246 g/mol. The number of benzene rings is 1. The molecule has 1 amide bonds. The lowest BCUT2D eigenvalue weighted by atomic mass is 10.1. The molecule has 1 aliphatic heterocycles. The lowest BCUT2D eigenvalue weighted by molar-refractivity contribution is 0.0643. The Bertz CT molecular complexity index is 409. The molecular formula is C15H22N2O. The molecule has 0 atom stereocenters. The highest BCUT2D eigenvalue weighted by Gasteiger charge is 2.21. The Labute approximate surface area is 109 Å². The van der Waals surface area contributed by atoms with Gasteiger partial charge in [-0.15, -0.1) is 0 Å². The first kappa shape index (κ1) is 13.1. The zero-order chi connectivity index (χ0) is 13.0. The highest BCUT2D eigenvalue weighted by Crippen LogP contribution is 2.11. The third kappa shape index (κ3) is 2.91. The van der Waals surface area contributed by atoms with Crippen molar-refractivity contribution in [2.24, 2.45) is 0 Å². The summed E-state index contributed by atoms with van der Waals surface area (Å²) in [6.45, 7) is 9.05. The van der Waals surface area contributed by atoms with E-state index < -0.39 is 0 Å². The van der Waals surface area contributed by atoms with Crippen LogP contribution in [0.1, 0.15) is 29.8 Å². The second kappa shape index (κ2) is 6.01. The molecule has 18 heavy (non-hydrogen) atoms. The Hall–Kier alpha value is -1.35. The zero-order valence-corrected chi connectivity index (χ0v) is 11.4. The number of aryl methyl sites for hydroxylation is 1. The average Bonchev–Trinajstić information content (AvgIpc) is 2.46. The predicted molar refractivity (Wildman–Crippen MR) is 73.8 cm³/mol. The molecule has 1 aliphatic rings. The molecule has 98 valence electrons. The fraction of sp³-hybridized carbons (Fsp3) is 0.533. The van der Waals surface area contributed by atoms with E-state index in [1.807, 2.05) is 23.1 Å². The molecule has 3 nitrogen and oxygen atoms in total. The van der Waals surface area contributed by atoms with Crippen molar-refractivity contribution in [1.29, 1.82) is 0 Å². The minimum absolute atomic E-state index is 0.182. The van der Waals surface area contributed by atoms with Crippen LogP contribution in [0.25, 0.3) is 0 Å². The van der Waals surface area contributed by atoms with Gasteiger partial charge in [-0.25, -0.2) is 0 Å². The number of nitrogens with zero attached hydrogens (tertiary/aromatic N) is 2. The van der Waals surface area contributed by atoms with Crippen LogP contribution >= 0.6 is 0 Å². The van der Waals surface area contributed by atoms with E-state index in [-0.39, 0.29) is 5.91 Å². The van der Waals surface area contributed by atoms with E-state index >= 15 is 0 Å². The van der Waals surface area contributed by atoms with Gasteiger partial charge in [-0.3, -0.25) is 4.79 Å². The molecule has 0 spiro atoms. The van der Waals surface area contributed by atoms with Crippen LogP contribution in [0.15, 0.2) is 24.3 Å². The summed E-state index contributed by atoms with van der Waals surface area (Å²) in [7, 11) is 0. The fourth-order valence-electron chi connectivity index (χ4n) is 2.37. The van der Waals surface area contributed by atoms with Gasteiger partial charge in [0.25, 0.3) is 5.91 Å². The van der Waals surface area contributed by atoms with E-state index in [1.165, 1.54) is 5.56 Å². The van der Waals surface area contributed by atoms with Crippen molar-refractivity contribution in [2.45, 2.75) is 20.3 Å². The molecule has 0 aliphatic carbocycles. The van der Waals surface area contributed by atoms with Crippen molar-refractivity contribution >= 4 is 5.91 Å². The number of hydrogen-bond acceptors (Lipinski definition) is 2. The Morgan fingerprint density at radius 1 is 1.17 bits per heavy atom. The minimum atomic E-state index is 0.182. The van der Waals surface area contributed by atoms with Gasteiger partial charge in [-0.1, -0.05) is 26.0 Å². The Balaban J connectivity index is 2.03. The lowest BCUT2D eigenvalue weighted by Crippen LogP contribution is -2.48. The summed E-state index contributed by atoms with van der Waals surface area (Å²) >= 11 is 0. The number of carbonyl (C=O) groups is 1. The second-order valence-corrected chi connectivity index (χ2v) is 4.78. The van der Waals surface area contributed by atoms with E-state index in [1.54, 1.807) is 0 Å². The molecule has 1 aromatic carbocycles. The monoisotopic (exact) mass is 246 g/mol. The van der Waals surface area contributed by atoms with Crippen LogP contribution in [0.4, 0.5) is 0 Å². The number of amides is 1. The minimum Gasteiger partial charge on any atom is -0.336 e. The van der Waals surface area contributed by atoms with Crippen molar-refractivity contribution in [3.8, 4) is 0 Å². The largest absolute Gasteiger partial charge is 0.336 e. The van der Waals surface area contributed by atoms with Crippen molar-refractivity contribution < 1.29 is 4.79 Å². The number of piperazine rings is 1. The fourth-order valence-corrected chi connectivity index (χ4v) is 2.37. The summed E-state index contributed by atoms with van der Waals surface area (Å²) in [5.41, 5.74) is 2.06. The topological polar surface area (TPSA) is 23.6 Å². The maximum atomic E-state index is 12.4. The normalized spacial score (nSPS) is 16.9. The molecule has 0 aromatic heterocycles. The van der Waals surface area contributed by atoms with E-state index in [0.717, 1.165) is 44.7 Å². The summed E-state index contributed by atoms with van der Waals surface area (Å²) in [6.07, 6.45) is 0.977. The van der Waals surface area contributed by atoms with Crippen LogP contribution < -0.4 is 0 Å². The quantitative estimate of drug-likeness (QED) is 0.814. The summed E-state index contributed by atoms with van der Waals surface area (Å²) in [5.74, 6) is 0.182. The molecule has 2 rings (SSSR count). The molecule has 1 fully saturated rings. The Kier molecular flexibility index (Phi) is 4.37. The van der Waals surface area contributed by atoms with Gasteiger partial charge in [-0.2, -0.15) is 0 Å². The molecule has 1 aromatic rings. The van der Waals surface area contributed by atoms with Crippen LogP contribution in [0.2, 0.25) is 0 Å². The van der Waals surface area contributed by atoms with Crippen molar-refractivity contribution in [2.75, 3.05) is 32.7 Å². The first-order chi connectivity index (χ1) is 8.74. The predicted octanol–water partition coefficient (Wildman–Crippen LogP) is 2.03. The third-order valence-corrected chi connectivity index (χ3v) is 3.69. The molecule has 1 heterocycles. The SMILES string of the molecule is CCc1cccc(C(=O)N2CCN(CC)CC2)c1. The summed E-state index contributed by atoms with van der Waals surface area (Å²) in [6, 6.07) is 8.00. The highest BCUT2D eigenvalue weighted by molar-refractivity contribution is 5.94. The maximum absolute atomic E-state index is 12.4. The van der Waals surface area contributed by atoms with E-state index in [9.17, 15) is 4.79 Å². The third-order valence-electron chi connectivity index (χ3n) is 3.69. The van der Waals surface area contributed by atoms with Crippen molar-refractivity contribution in [3.05, 3.63) is 35.4 Å². The van der Waals surface area contributed by atoms with E-state index in [0.29, 0.717) is 0 Å². The van der Waals surface area contributed by atoms with Crippen LogP contribution in [-0.2, 0) is 6.42 Å². The van der Waals surface area contributed by atoms with Gasteiger partial charge in [0, 0.05) is 31.7 Å². The molecule has 0 saturated carbocycles. The van der Waals surface area contributed by atoms with Gasteiger partial charge in [-0.05, 0) is 30.7 Å². The maximum Gasteiger partial charge on any atom is 0.253 e. The van der Waals surface area contributed by atoms with Gasteiger partial charge in [0.2, 0.25) is 0 Å². The molecule has 0 N–H and O–H groups in total. The molecule has 0 unspecified atom stereocenters. The first-order valence-corrected chi connectivity index (χ1v) is 6.85. The molecule has 0 radical (unpaired) electrons. The Morgan fingerprint density at radius 3 is 2.50 bits per heavy atom. The van der Waals surface area contributed by atoms with Crippen LogP contribution in [-0.4, -0.2) is 48.4 Å². The lowest BCUT2D eigenvalue weighted by Gasteiger charge is -2.34. The standard InChI is InChI=1S/C15H22N2O/c1-3-13-6-5-7-14(12-13)15(18)17-10-8-16(4-2)9-11-17/h5-7,12H,3-4,8-11H2,1-2H3. The second-order valence-electron chi connectivity index (χ2n) is 4.78. The van der Waals surface area contributed by atoms with Gasteiger partial charge < -0.3 is 9.80 Å². The van der Waals surface area contributed by atoms with Gasteiger partial charge in [0.1, 0.15) is 0 Å². The molecule has 1 saturated heterocycles. The number of rotatable bonds is 3. The van der Waals surface area contributed by atoms with Gasteiger partial charge in [0.05, 0.1) is 0 Å². The molecular weight excluding hydrogens is 224 g/mol. The van der Waals surface area contributed by atoms with Crippen LogP contribution in [0.5, 0.6) is 0 Å². The Morgan fingerprint density at radius 2 is 1.89 bits per heavy atom. The van der Waals surface area contributed by atoms with Gasteiger partial charge >= 0.3 is 0 Å². The number of hydrogen-bond donors (Lipinski definition) is 0. The number of likely N-dealkylation sites (N-methyl/N-ethyl adjacent to an activating group) is 1. The highest BCUT2D eigenvalue weighted by atomic mass is 16.2. The van der Waals surface area contributed by atoms with Crippen molar-refractivity contribution in [1.82, 2.24) is 9.80 Å². The smallest absolute Gasteiger partial charge is 0.253 e. The zero-order valence-electron chi connectivity index (χ0n) is 11.4. The van der Waals surface area contributed by atoms with Crippen LogP contribution in [0, 0.1) is 0 Å². The van der Waals surface area contributed by atoms with Crippen molar-refractivity contribution in [3.63, 3.8) is 0 Å². The van der Waals surface area contributed by atoms with Crippen LogP contribution in [0.3, 0.4) is 0 Å². The summed E-state index contributed by atoms with van der Waals surface area (Å²) < 4.78 is 0.